The van der Waals surface area contributed by atoms with E-state index in [9.17, 15) is 10.2 Å². The Morgan fingerprint density at radius 2 is 1.91 bits per heavy atom. The summed E-state index contributed by atoms with van der Waals surface area (Å²) in [5.74, 6) is 1.09. The van der Waals surface area contributed by atoms with Crippen molar-refractivity contribution in [1.29, 1.82) is 0 Å². The lowest BCUT2D eigenvalue weighted by atomic mass is 10.2. The Balaban J connectivity index is 1.37. The molecule has 4 heterocycles. The average Bonchev–Trinajstić information content (AvgIpc) is 3.39. The van der Waals surface area contributed by atoms with Crippen molar-refractivity contribution in [1.82, 2.24) is 29.2 Å². The number of β-amino-alcohol motifs (C(OH)–C–C–N with tert-alkyl or cyclic N) is 2. The molecule has 3 aromatic heterocycles. The van der Waals surface area contributed by atoms with Crippen molar-refractivity contribution in [3.8, 4) is 5.82 Å². The number of halogens is 1. The second-order valence-electron chi connectivity index (χ2n) is 8.57. The third-order valence-corrected chi connectivity index (χ3v) is 6.75. The van der Waals surface area contributed by atoms with Crippen LogP contribution in [0.1, 0.15) is 17.0 Å². The highest BCUT2D eigenvalue weighted by Gasteiger charge is 2.29. The molecule has 1 saturated heterocycles. The molecule has 0 amide bonds. The van der Waals surface area contributed by atoms with E-state index in [0.717, 1.165) is 38.6 Å². The van der Waals surface area contributed by atoms with Crippen molar-refractivity contribution in [3.05, 3.63) is 58.6 Å². The van der Waals surface area contributed by atoms with Crippen LogP contribution in [0.2, 0.25) is 5.02 Å². The summed E-state index contributed by atoms with van der Waals surface area (Å²) in [5, 5.41) is 29.2. The molecule has 1 aliphatic rings. The lowest BCUT2D eigenvalue weighted by Gasteiger charge is -2.13. The molecular weight excluding hydrogens is 442 g/mol. The van der Waals surface area contributed by atoms with Gasteiger partial charge in [0.05, 0.1) is 22.9 Å². The lowest BCUT2D eigenvalue weighted by molar-refractivity contribution is 0.0572. The van der Waals surface area contributed by atoms with Crippen LogP contribution in [-0.4, -0.2) is 64.7 Å². The van der Waals surface area contributed by atoms with E-state index in [1.807, 2.05) is 50.2 Å². The number of rotatable bonds is 5. The molecule has 0 radical (unpaired) electrons. The maximum Gasteiger partial charge on any atom is 0.229 e. The Morgan fingerprint density at radius 1 is 1.15 bits per heavy atom. The van der Waals surface area contributed by atoms with Gasteiger partial charge in [-0.2, -0.15) is 10.1 Å². The van der Waals surface area contributed by atoms with Crippen LogP contribution in [0.25, 0.3) is 16.7 Å². The lowest BCUT2D eigenvalue weighted by Crippen LogP contribution is -2.22. The van der Waals surface area contributed by atoms with Crippen LogP contribution in [0.4, 0.5) is 11.6 Å². The monoisotopic (exact) mass is 467 g/mol. The molecule has 2 atom stereocenters. The number of nitrogens with one attached hydrogen (secondary N) is 1. The van der Waals surface area contributed by atoms with Gasteiger partial charge in [0.15, 0.2) is 5.82 Å². The van der Waals surface area contributed by atoms with Crippen LogP contribution in [0.15, 0.2) is 36.7 Å². The molecule has 3 N–H and O–H groups in total. The number of nitrogens with zero attached hydrogens (tertiary/aromatic N) is 6. The summed E-state index contributed by atoms with van der Waals surface area (Å²) in [6.45, 7) is 5.44. The standard InChI is InChI=1S/C23H26ClN7O2/c1-13-15(9-30-11-19(32)20(33)12-30)10-31(28-13)21-6-7-25-23(27-21)26-16-4-5-18-17(8-16)22(24)14(2)29(18)3/h4-8,10,19-20,32-33H,9,11-12H2,1-3H3,(H,25,26,27). The molecule has 33 heavy (non-hydrogen) atoms. The molecule has 1 aromatic carbocycles. The van der Waals surface area contributed by atoms with E-state index < -0.39 is 12.2 Å². The van der Waals surface area contributed by atoms with Gasteiger partial charge < -0.3 is 20.1 Å². The average molecular weight is 468 g/mol. The minimum atomic E-state index is -0.704. The van der Waals surface area contributed by atoms with Gasteiger partial charge in [-0.1, -0.05) is 11.6 Å². The van der Waals surface area contributed by atoms with E-state index in [2.05, 4.69) is 25.0 Å². The third-order valence-electron chi connectivity index (χ3n) is 6.28. The highest BCUT2D eigenvalue weighted by molar-refractivity contribution is 6.36. The fourth-order valence-electron chi connectivity index (χ4n) is 4.26. The fraction of sp³-hybridized carbons (Fsp3) is 0.348. The molecule has 10 heteroatoms. The van der Waals surface area contributed by atoms with Crippen molar-refractivity contribution in [2.45, 2.75) is 32.6 Å². The van der Waals surface area contributed by atoms with Crippen molar-refractivity contribution >= 4 is 34.1 Å². The van der Waals surface area contributed by atoms with E-state index in [1.165, 1.54) is 0 Å². The summed E-state index contributed by atoms with van der Waals surface area (Å²) in [7, 11) is 2.00. The molecule has 1 fully saturated rings. The summed E-state index contributed by atoms with van der Waals surface area (Å²) in [6, 6.07) is 7.79. The molecule has 0 saturated carbocycles. The van der Waals surface area contributed by atoms with E-state index in [1.54, 1.807) is 16.9 Å². The number of anilines is 2. The number of aryl methyl sites for hydroxylation is 2. The fourth-order valence-corrected chi connectivity index (χ4v) is 4.53. The van der Waals surface area contributed by atoms with Crippen LogP contribution in [0, 0.1) is 13.8 Å². The molecule has 4 aromatic rings. The van der Waals surface area contributed by atoms with Gasteiger partial charge in [-0.05, 0) is 32.0 Å². The second-order valence-corrected chi connectivity index (χ2v) is 8.94. The second kappa shape index (κ2) is 8.42. The number of hydrogen-bond donors (Lipinski definition) is 3. The SMILES string of the molecule is Cc1nn(-c2ccnc(Nc3ccc4c(c3)c(Cl)c(C)n4C)n2)cc1CN1CC(O)C(O)C1. The first-order valence-corrected chi connectivity index (χ1v) is 11.2. The number of benzene rings is 1. The van der Waals surface area contributed by atoms with Crippen LogP contribution in [0.3, 0.4) is 0 Å². The zero-order valence-corrected chi connectivity index (χ0v) is 19.5. The Morgan fingerprint density at radius 3 is 2.67 bits per heavy atom. The summed E-state index contributed by atoms with van der Waals surface area (Å²) >= 11 is 6.50. The predicted molar refractivity (Wildman–Crippen MR) is 127 cm³/mol. The number of aliphatic hydroxyl groups is 2. The largest absolute Gasteiger partial charge is 0.389 e. The maximum absolute atomic E-state index is 9.79. The Bertz CT molecular complexity index is 1320. The first kappa shape index (κ1) is 21.8. The molecule has 0 bridgehead atoms. The molecule has 1 aliphatic heterocycles. The van der Waals surface area contributed by atoms with Crippen molar-refractivity contribution < 1.29 is 10.2 Å². The van der Waals surface area contributed by atoms with Gasteiger partial charge in [-0.15, -0.1) is 0 Å². The van der Waals surface area contributed by atoms with Crippen LogP contribution in [0.5, 0.6) is 0 Å². The van der Waals surface area contributed by atoms with Gasteiger partial charge in [-0.25, -0.2) is 9.67 Å². The highest BCUT2D eigenvalue weighted by Crippen LogP contribution is 2.32. The molecular formula is C23H26ClN7O2. The van der Waals surface area contributed by atoms with Crippen molar-refractivity contribution in [2.24, 2.45) is 7.05 Å². The summed E-state index contributed by atoms with van der Waals surface area (Å²) in [4.78, 5) is 11.0. The zero-order chi connectivity index (χ0) is 23.3. The van der Waals surface area contributed by atoms with E-state index in [4.69, 9.17) is 11.6 Å². The Kier molecular flexibility index (Phi) is 5.57. The van der Waals surface area contributed by atoms with E-state index in [0.29, 0.717) is 31.4 Å². The summed E-state index contributed by atoms with van der Waals surface area (Å²) in [5.41, 5.74) is 4.82. The number of hydrogen-bond acceptors (Lipinski definition) is 7. The topological polar surface area (TPSA) is 104 Å². The minimum absolute atomic E-state index is 0.447. The quantitative estimate of drug-likeness (QED) is 0.414. The number of fused-ring (bicyclic) bond motifs is 1. The maximum atomic E-state index is 9.79. The number of aliphatic hydroxyl groups excluding tert-OH is 2. The Labute approximate surface area is 196 Å². The van der Waals surface area contributed by atoms with E-state index in [-0.39, 0.29) is 0 Å². The minimum Gasteiger partial charge on any atom is -0.389 e. The van der Waals surface area contributed by atoms with Crippen LogP contribution >= 0.6 is 11.6 Å². The van der Waals surface area contributed by atoms with E-state index >= 15 is 0 Å². The number of likely N-dealkylation sites (tertiary alicyclic amines) is 1. The summed E-state index contributed by atoms with van der Waals surface area (Å²) in [6.07, 6.45) is 2.21. The number of aromatic nitrogens is 5. The van der Waals surface area contributed by atoms with Gasteiger partial charge in [0.1, 0.15) is 0 Å². The molecule has 9 nitrogen and oxygen atoms in total. The summed E-state index contributed by atoms with van der Waals surface area (Å²) < 4.78 is 3.79. The van der Waals surface area contributed by atoms with Crippen molar-refractivity contribution in [3.63, 3.8) is 0 Å². The van der Waals surface area contributed by atoms with Crippen molar-refractivity contribution in [2.75, 3.05) is 18.4 Å². The molecule has 172 valence electrons. The molecule has 0 spiro atoms. The Hall–Kier alpha value is -2.98. The van der Waals surface area contributed by atoms with Gasteiger partial charge in [-0.3, -0.25) is 4.90 Å². The first-order chi connectivity index (χ1) is 15.8. The van der Waals surface area contributed by atoms with Crippen LogP contribution in [-0.2, 0) is 13.6 Å². The van der Waals surface area contributed by atoms with Gasteiger partial charge in [0.25, 0.3) is 0 Å². The zero-order valence-electron chi connectivity index (χ0n) is 18.7. The first-order valence-electron chi connectivity index (χ1n) is 10.8. The smallest absolute Gasteiger partial charge is 0.229 e. The molecule has 5 rings (SSSR count). The molecule has 2 unspecified atom stereocenters. The van der Waals surface area contributed by atoms with Crippen LogP contribution < -0.4 is 5.32 Å². The van der Waals surface area contributed by atoms with Gasteiger partial charge >= 0.3 is 0 Å². The normalized spacial score (nSPS) is 19.0. The highest BCUT2D eigenvalue weighted by atomic mass is 35.5. The van der Waals surface area contributed by atoms with Gasteiger partial charge in [0.2, 0.25) is 5.95 Å². The predicted octanol–water partition coefficient (Wildman–Crippen LogP) is 2.71. The van der Waals surface area contributed by atoms with Gasteiger partial charge in [0, 0.05) is 73.0 Å². The molecule has 0 aliphatic carbocycles. The third kappa shape index (κ3) is 4.08.